The Labute approximate surface area is 182 Å². The first-order valence-corrected chi connectivity index (χ1v) is 10.5. The second-order valence-electron chi connectivity index (χ2n) is 7.31. The Balaban J connectivity index is 1.53. The predicted octanol–water partition coefficient (Wildman–Crippen LogP) is 4.38. The summed E-state index contributed by atoms with van der Waals surface area (Å²) in [6.45, 7) is 5.17. The van der Waals surface area contributed by atoms with Crippen LogP contribution >= 0.6 is 11.6 Å². The first-order chi connectivity index (χ1) is 14.5. The van der Waals surface area contributed by atoms with Crippen LogP contribution in [0.2, 0.25) is 5.02 Å². The predicted molar refractivity (Wildman–Crippen MR) is 117 cm³/mol. The van der Waals surface area contributed by atoms with Crippen LogP contribution in [0, 0.1) is 5.92 Å². The molecular formula is C23H27ClN2O4. The molecule has 7 heteroatoms. The number of carbonyl (C=O) groups is 2. The van der Waals surface area contributed by atoms with Crippen LogP contribution in [0.1, 0.15) is 35.7 Å². The van der Waals surface area contributed by atoms with E-state index in [0.717, 1.165) is 38.2 Å². The molecule has 1 aliphatic heterocycles. The molecule has 2 aromatic carbocycles. The third-order valence-corrected chi connectivity index (χ3v) is 5.54. The largest absolute Gasteiger partial charge is 0.494 e. The highest BCUT2D eigenvalue weighted by molar-refractivity contribution is 6.33. The molecule has 1 saturated heterocycles. The number of piperidine rings is 1. The van der Waals surface area contributed by atoms with Gasteiger partial charge in [-0.3, -0.25) is 9.69 Å². The highest BCUT2D eigenvalue weighted by atomic mass is 35.5. The topological polar surface area (TPSA) is 67.9 Å². The van der Waals surface area contributed by atoms with Crippen molar-refractivity contribution in [2.45, 2.75) is 26.3 Å². The summed E-state index contributed by atoms with van der Waals surface area (Å²) in [6, 6.07) is 13.0. The Bertz CT molecular complexity index is 895. The van der Waals surface area contributed by atoms with Gasteiger partial charge in [0.2, 0.25) is 5.91 Å². The van der Waals surface area contributed by atoms with Crippen LogP contribution in [-0.2, 0) is 16.1 Å². The minimum absolute atomic E-state index is 0.0360. The number of nitrogens with one attached hydrogen (secondary N) is 1. The average molecular weight is 431 g/mol. The number of ether oxygens (including phenoxy) is 2. The number of carbonyl (C=O) groups excluding carboxylic acids is 2. The fraction of sp³-hybridized carbons (Fsp3) is 0.391. The van der Waals surface area contributed by atoms with E-state index in [1.54, 1.807) is 18.2 Å². The second-order valence-corrected chi connectivity index (χ2v) is 7.71. The van der Waals surface area contributed by atoms with Crippen molar-refractivity contribution in [3.63, 3.8) is 0 Å². The SMILES string of the molecule is CCOc1cccc(CN2CCC(C(=O)Nc3ccc(Cl)c(C(=O)OC)c3)CC2)c1. The zero-order valence-electron chi connectivity index (χ0n) is 17.3. The first-order valence-electron chi connectivity index (χ1n) is 10.1. The normalized spacial score (nSPS) is 14.9. The summed E-state index contributed by atoms with van der Waals surface area (Å²) in [5, 5.41) is 3.20. The van der Waals surface area contributed by atoms with Crippen molar-refractivity contribution in [2.75, 3.05) is 32.1 Å². The Morgan fingerprint density at radius 3 is 2.63 bits per heavy atom. The molecule has 0 aliphatic carbocycles. The molecule has 160 valence electrons. The lowest BCUT2D eigenvalue weighted by Crippen LogP contribution is -2.37. The molecule has 1 fully saturated rings. The third kappa shape index (κ3) is 5.74. The molecule has 0 bridgehead atoms. The fourth-order valence-corrected chi connectivity index (χ4v) is 3.82. The molecule has 0 unspecified atom stereocenters. The van der Waals surface area contributed by atoms with Gasteiger partial charge in [-0.15, -0.1) is 0 Å². The van der Waals surface area contributed by atoms with Crippen molar-refractivity contribution in [3.8, 4) is 5.75 Å². The van der Waals surface area contributed by atoms with Gasteiger partial charge < -0.3 is 14.8 Å². The number of methoxy groups -OCH3 is 1. The maximum Gasteiger partial charge on any atom is 0.339 e. The zero-order chi connectivity index (χ0) is 21.5. The molecule has 1 amide bonds. The quantitative estimate of drug-likeness (QED) is 0.660. The van der Waals surface area contributed by atoms with Crippen LogP contribution in [-0.4, -0.2) is 43.6 Å². The molecular weight excluding hydrogens is 404 g/mol. The van der Waals surface area contributed by atoms with Crippen molar-refractivity contribution in [1.82, 2.24) is 4.90 Å². The number of esters is 1. The molecule has 30 heavy (non-hydrogen) atoms. The van der Waals surface area contributed by atoms with E-state index in [0.29, 0.717) is 17.3 Å². The van der Waals surface area contributed by atoms with Gasteiger partial charge in [-0.1, -0.05) is 23.7 Å². The van der Waals surface area contributed by atoms with Gasteiger partial charge in [0.1, 0.15) is 5.75 Å². The summed E-state index contributed by atoms with van der Waals surface area (Å²) >= 11 is 6.04. The summed E-state index contributed by atoms with van der Waals surface area (Å²) in [5.74, 6) is 0.260. The summed E-state index contributed by atoms with van der Waals surface area (Å²) < 4.78 is 10.3. The van der Waals surface area contributed by atoms with Crippen molar-refractivity contribution < 1.29 is 19.1 Å². The lowest BCUT2D eigenvalue weighted by atomic mass is 9.95. The molecule has 6 nitrogen and oxygen atoms in total. The Kier molecular flexibility index (Phi) is 7.71. The van der Waals surface area contributed by atoms with E-state index in [4.69, 9.17) is 21.1 Å². The molecule has 1 aliphatic rings. The van der Waals surface area contributed by atoms with E-state index in [-0.39, 0.29) is 17.4 Å². The van der Waals surface area contributed by atoms with Crippen molar-refractivity contribution >= 4 is 29.2 Å². The number of halogens is 1. The Hall–Kier alpha value is -2.57. The van der Waals surface area contributed by atoms with E-state index in [9.17, 15) is 9.59 Å². The van der Waals surface area contributed by atoms with Gasteiger partial charge in [0.15, 0.2) is 0 Å². The molecule has 2 aromatic rings. The number of amides is 1. The van der Waals surface area contributed by atoms with Crippen molar-refractivity contribution in [3.05, 3.63) is 58.6 Å². The Morgan fingerprint density at radius 2 is 1.93 bits per heavy atom. The summed E-state index contributed by atoms with van der Waals surface area (Å²) in [6.07, 6.45) is 1.57. The van der Waals surface area contributed by atoms with Crippen molar-refractivity contribution in [1.29, 1.82) is 0 Å². The smallest absolute Gasteiger partial charge is 0.339 e. The molecule has 1 heterocycles. The summed E-state index contributed by atoms with van der Waals surface area (Å²) in [5.41, 5.74) is 1.99. The number of hydrogen-bond acceptors (Lipinski definition) is 5. The van der Waals surface area contributed by atoms with Gasteiger partial charge in [-0.25, -0.2) is 4.79 Å². The van der Waals surface area contributed by atoms with Crippen LogP contribution in [0.4, 0.5) is 5.69 Å². The molecule has 0 aromatic heterocycles. The van der Waals surface area contributed by atoms with E-state index < -0.39 is 5.97 Å². The molecule has 0 saturated carbocycles. The lowest BCUT2D eigenvalue weighted by Gasteiger charge is -2.31. The zero-order valence-corrected chi connectivity index (χ0v) is 18.1. The van der Waals surface area contributed by atoms with Gasteiger partial charge in [-0.2, -0.15) is 0 Å². The van der Waals surface area contributed by atoms with Gasteiger partial charge in [0.05, 0.1) is 24.3 Å². The van der Waals surface area contributed by atoms with Crippen LogP contribution in [0.25, 0.3) is 0 Å². The highest BCUT2D eigenvalue weighted by Crippen LogP contribution is 2.25. The van der Waals surface area contributed by atoms with E-state index in [1.807, 2.05) is 19.1 Å². The fourth-order valence-electron chi connectivity index (χ4n) is 3.63. The number of hydrogen-bond donors (Lipinski definition) is 1. The van der Waals surface area contributed by atoms with E-state index in [2.05, 4.69) is 22.3 Å². The van der Waals surface area contributed by atoms with Crippen LogP contribution < -0.4 is 10.1 Å². The van der Waals surface area contributed by atoms with Crippen LogP contribution in [0.5, 0.6) is 5.75 Å². The number of anilines is 1. The lowest BCUT2D eigenvalue weighted by molar-refractivity contribution is -0.121. The van der Waals surface area contributed by atoms with Crippen LogP contribution in [0.3, 0.4) is 0 Å². The minimum atomic E-state index is -0.530. The number of benzene rings is 2. The summed E-state index contributed by atoms with van der Waals surface area (Å²) in [4.78, 5) is 26.8. The van der Waals surface area contributed by atoms with Gasteiger partial charge in [-0.05, 0) is 68.8 Å². The summed E-state index contributed by atoms with van der Waals surface area (Å²) in [7, 11) is 1.30. The van der Waals surface area contributed by atoms with Gasteiger partial charge in [0, 0.05) is 18.2 Å². The van der Waals surface area contributed by atoms with Crippen molar-refractivity contribution in [2.24, 2.45) is 5.92 Å². The minimum Gasteiger partial charge on any atom is -0.494 e. The number of nitrogens with zero attached hydrogens (tertiary/aromatic N) is 1. The maximum atomic E-state index is 12.7. The van der Waals surface area contributed by atoms with Gasteiger partial charge in [0.25, 0.3) is 0 Å². The van der Waals surface area contributed by atoms with E-state index >= 15 is 0 Å². The molecule has 0 spiro atoms. The number of rotatable bonds is 7. The third-order valence-electron chi connectivity index (χ3n) is 5.21. The maximum absolute atomic E-state index is 12.7. The standard InChI is InChI=1S/C23H27ClN2O4/c1-3-30-19-6-4-5-16(13-19)15-26-11-9-17(10-12-26)22(27)25-18-7-8-21(24)20(14-18)23(28)29-2/h4-8,13-14,17H,3,9-12,15H2,1-2H3,(H,25,27). The van der Waals surface area contributed by atoms with Gasteiger partial charge >= 0.3 is 5.97 Å². The molecule has 1 N–H and O–H groups in total. The second kappa shape index (κ2) is 10.5. The van der Waals surface area contributed by atoms with E-state index in [1.165, 1.54) is 12.7 Å². The van der Waals surface area contributed by atoms with Crippen LogP contribution in [0.15, 0.2) is 42.5 Å². The number of likely N-dealkylation sites (tertiary alicyclic amines) is 1. The average Bonchev–Trinajstić information content (AvgIpc) is 2.75. The first kappa shape index (κ1) is 22.1. The monoisotopic (exact) mass is 430 g/mol. The Morgan fingerprint density at radius 1 is 1.17 bits per heavy atom. The molecule has 0 atom stereocenters. The molecule has 0 radical (unpaired) electrons. The molecule has 3 rings (SSSR count). The highest BCUT2D eigenvalue weighted by Gasteiger charge is 2.25.